The van der Waals surface area contributed by atoms with Gasteiger partial charge in [-0.15, -0.1) is 0 Å². The van der Waals surface area contributed by atoms with Gasteiger partial charge in [-0.25, -0.2) is 0 Å². The molecule has 23 heavy (non-hydrogen) atoms. The van der Waals surface area contributed by atoms with Crippen molar-refractivity contribution < 1.29 is 13.9 Å². The van der Waals surface area contributed by atoms with Crippen molar-refractivity contribution in [1.29, 1.82) is 5.26 Å². The Labute approximate surface area is 133 Å². The van der Waals surface area contributed by atoms with Crippen LogP contribution in [0.25, 0.3) is 17.0 Å². The number of furan rings is 1. The molecule has 0 aliphatic carbocycles. The molecule has 0 bridgehead atoms. The van der Waals surface area contributed by atoms with Crippen molar-refractivity contribution in [2.24, 2.45) is 0 Å². The largest absolute Gasteiger partial charge is 0.493 e. The molecule has 0 aliphatic rings. The van der Waals surface area contributed by atoms with Gasteiger partial charge in [0.15, 0.2) is 17.1 Å². The minimum Gasteiger partial charge on any atom is -0.493 e. The van der Waals surface area contributed by atoms with E-state index in [4.69, 9.17) is 14.4 Å². The quantitative estimate of drug-likeness (QED) is 0.535. The summed E-state index contributed by atoms with van der Waals surface area (Å²) in [7, 11) is 1.56. The highest BCUT2D eigenvalue weighted by atomic mass is 16.5. The van der Waals surface area contributed by atoms with E-state index in [-0.39, 0.29) is 11.5 Å². The highest BCUT2D eigenvalue weighted by molar-refractivity contribution is 6.07. The maximum absolute atomic E-state index is 12.3. The average molecular weight is 303 g/mol. The van der Waals surface area contributed by atoms with Crippen LogP contribution in [0, 0.1) is 11.3 Å². The number of hydrogen-bond acceptors (Lipinski definition) is 4. The van der Waals surface area contributed by atoms with Gasteiger partial charge in [0, 0.05) is 5.39 Å². The molecule has 0 radical (unpaired) electrons. The minimum absolute atomic E-state index is 0.245. The van der Waals surface area contributed by atoms with Crippen LogP contribution in [-0.2, 0) is 0 Å². The number of benzene rings is 2. The second-order valence-electron chi connectivity index (χ2n) is 4.92. The highest BCUT2D eigenvalue weighted by Crippen LogP contribution is 2.28. The van der Waals surface area contributed by atoms with Crippen molar-refractivity contribution in [1.82, 2.24) is 0 Å². The number of methoxy groups -OCH3 is 1. The lowest BCUT2D eigenvalue weighted by molar-refractivity contribution is 0.102. The third kappa shape index (κ3) is 2.99. The van der Waals surface area contributed by atoms with Gasteiger partial charge >= 0.3 is 0 Å². The minimum atomic E-state index is -0.245. The first-order valence-electron chi connectivity index (χ1n) is 7.00. The second kappa shape index (κ2) is 6.20. The van der Waals surface area contributed by atoms with E-state index in [2.05, 4.69) is 6.07 Å². The Kier molecular flexibility index (Phi) is 3.94. The third-order valence-electron chi connectivity index (χ3n) is 3.41. The third-order valence-corrected chi connectivity index (χ3v) is 3.41. The number of carbonyl (C=O) groups is 1. The summed E-state index contributed by atoms with van der Waals surface area (Å²) < 4.78 is 10.8. The molecule has 0 saturated heterocycles. The first-order valence-corrected chi connectivity index (χ1v) is 7.00. The van der Waals surface area contributed by atoms with Crippen LogP contribution in [0.3, 0.4) is 0 Å². The fourth-order valence-electron chi connectivity index (χ4n) is 2.28. The molecular weight excluding hydrogens is 290 g/mol. The van der Waals surface area contributed by atoms with Gasteiger partial charge in [0.05, 0.1) is 18.7 Å². The van der Waals surface area contributed by atoms with E-state index >= 15 is 0 Å². The number of ether oxygens (including phenoxy) is 1. The van der Waals surface area contributed by atoms with Crippen molar-refractivity contribution in [3.8, 4) is 11.8 Å². The van der Waals surface area contributed by atoms with E-state index in [9.17, 15) is 4.79 Å². The Bertz CT molecular complexity index is 945. The number of rotatable bonds is 4. The average Bonchev–Trinajstić information content (AvgIpc) is 3.04. The predicted octanol–water partition coefficient (Wildman–Crippen LogP) is 4.21. The Morgan fingerprint density at radius 2 is 2.04 bits per heavy atom. The molecule has 3 aromatic rings. The molecule has 1 heterocycles. The van der Waals surface area contributed by atoms with Gasteiger partial charge < -0.3 is 9.15 Å². The number of ketones is 1. The lowest BCUT2D eigenvalue weighted by Crippen LogP contribution is -1.90. The Balaban J connectivity index is 1.88. The van der Waals surface area contributed by atoms with Crippen LogP contribution in [0.15, 0.2) is 59.0 Å². The molecule has 2 aromatic carbocycles. The number of carbonyl (C=O) groups excluding carboxylic acids is 1. The van der Waals surface area contributed by atoms with Crippen LogP contribution in [-0.4, -0.2) is 12.9 Å². The smallest absolute Gasteiger partial charge is 0.221 e. The predicted molar refractivity (Wildman–Crippen MR) is 87.3 cm³/mol. The maximum atomic E-state index is 12.3. The van der Waals surface area contributed by atoms with E-state index in [0.29, 0.717) is 16.9 Å². The fourth-order valence-corrected chi connectivity index (χ4v) is 2.28. The molecule has 3 rings (SSSR count). The Morgan fingerprint density at radius 1 is 1.22 bits per heavy atom. The van der Waals surface area contributed by atoms with Crippen molar-refractivity contribution in [3.63, 3.8) is 0 Å². The van der Waals surface area contributed by atoms with Crippen molar-refractivity contribution in [3.05, 3.63) is 71.5 Å². The summed E-state index contributed by atoms with van der Waals surface area (Å²) in [5.74, 6) is 0.593. The molecule has 0 saturated carbocycles. The number of nitriles is 1. The molecule has 4 heteroatoms. The molecule has 1 aromatic heterocycles. The van der Waals surface area contributed by atoms with E-state index in [0.717, 1.165) is 10.9 Å². The summed E-state index contributed by atoms with van der Waals surface area (Å²) in [6, 6.07) is 16.3. The van der Waals surface area contributed by atoms with Gasteiger partial charge in [-0.1, -0.05) is 30.3 Å². The van der Waals surface area contributed by atoms with Gasteiger partial charge in [0.2, 0.25) is 5.78 Å². The second-order valence-corrected chi connectivity index (χ2v) is 4.92. The standard InChI is InChI=1S/C19H13NO3/c1-22-17-7-3-6-15-11-18(23-19(15)17)16(21)9-8-13-4-2-5-14(10-13)12-20/h2-11H,1H3. The topological polar surface area (TPSA) is 63.2 Å². The van der Waals surface area contributed by atoms with Gasteiger partial charge in [-0.3, -0.25) is 4.79 Å². The lowest BCUT2D eigenvalue weighted by Gasteiger charge is -1.98. The molecule has 112 valence electrons. The van der Waals surface area contributed by atoms with Crippen LogP contribution in [0.2, 0.25) is 0 Å². The summed E-state index contributed by atoms with van der Waals surface area (Å²) in [6.45, 7) is 0. The van der Waals surface area contributed by atoms with Crippen molar-refractivity contribution >= 4 is 22.8 Å². The molecule has 0 amide bonds. The van der Waals surface area contributed by atoms with Gasteiger partial charge in [0.25, 0.3) is 0 Å². The van der Waals surface area contributed by atoms with Crippen molar-refractivity contribution in [2.75, 3.05) is 7.11 Å². The molecule has 0 N–H and O–H groups in total. The first kappa shape index (κ1) is 14.6. The van der Waals surface area contributed by atoms with E-state index in [1.54, 1.807) is 43.5 Å². The Morgan fingerprint density at radius 3 is 2.83 bits per heavy atom. The SMILES string of the molecule is COc1cccc2cc(C(=O)C=Cc3cccc(C#N)c3)oc12. The van der Waals surface area contributed by atoms with Gasteiger partial charge in [0.1, 0.15) is 0 Å². The summed E-state index contributed by atoms with van der Waals surface area (Å²) >= 11 is 0. The van der Waals surface area contributed by atoms with E-state index < -0.39 is 0 Å². The normalized spacial score (nSPS) is 10.8. The molecule has 0 fully saturated rings. The lowest BCUT2D eigenvalue weighted by atomic mass is 10.1. The monoisotopic (exact) mass is 303 g/mol. The number of para-hydroxylation sites is 1. The summed E-state index contributed by atoms with van der Waals surface area (Å²) in [5.41, 5.74) is 1.89. The van der Waals surface area contributed by atoms with E-state index in [1.165, 1.54) is 6.08 Å². The van der Waals surface area contributed by atoms with Crippen LogP contribution >= 0.6 is 0 Å². The summed E-state index contributed by atoms with van der Waals surface area (Å²) in [6.07, 6.45) is 3.09. The van der Waals surface area contributed by atoms with E-state index in [1.807, 2.05) is 18.2 Å². The molecular formula is C19H13NO3. The zero-order chi connectivity index (χ0) is 16.2. The zero-order valence-corrected chi connectivity index (χ0v) is 12.4. The summed E-state index contributed by atoms with van der Waals surface area (Å²) in [4.78, 5) is 12.3. The zero-order valence-electron chi connectivity index (χ0n) is 12.4. The number of fused-ring (bicyclic) bond motifs is 1. The van der Waals surface area contributed by atoms with Crippen LogP contribution in [0.5, 0.6) is 5.75 Å². The molecule has 0 atom stereocenters. The number of allylic oxidation sites excluding steroid dienone is 1. The maximum Gasteiger partial charge on any atom is 0.221 e. The molecule has 0 unspecified atom stereocenters. The molecule has 4 nitrogen and oxygen atoms in total. The van der Waals surface area contributed by atoms with Crippen LogP contribution in [0.4, 0.5) is 0 Å². The molecule has 0 aliphatic heterocycles. The molecule has 0 spiro atoms. The van der Waals surface area contributed by atoms with Crippen LogP contribution < -0.4 is 4.74 Å². The first-order chi connectivity index (χ1) is 11.2. The Hall–Kier alpha value is -3.32. The fraction of sp³-hybridized carbons (Fsp3) is 0.0526. The van der Waals surface area contributed by atoms with Gasteiger partial charge in [-0.05, 0) is 35.9 Å². The summed E-state index contributed by atoms with van der Waals surface area (Å²) in [5, 5.41) is 9.69. The van der Waals surface area contributed by atoms with Gasteiger partial charge in [-0.2, -0.15) is 5.26 Å². The number of nitrogens with zero attached hydrogens (tertiary/aromatic N) is 1. The van der Waals surface area contributed by atoms with Crippen LogP contribution in [0.1, 0.15) is 21.7 Å². The van der Waals surface area contributed by atoms with Crippen molar-refractivity contribution in [2.45, 2.75) is 0 Å². The number of hydrogen-bond donors (Lipinski definition) is 0. The highest BCUT2D eigenvalue weighted by Gasteiger charge is 2.12.